The van der Waals surface area contributed by atoms with Crippen molar-refractivity contribution >= 4 is 27.7 Å². The molecule has 0 unspecified atom stereocenters. The Kier molecular flexibility index (Phi) is 7.27. The zero-order chi connectivity index (χ0) is 16.8. The Bertz CT molecular complexity index is 490. The molecule has 0 amide bonds. The molecule has 1 aromatic carbocycles. The number of Topliss-reactive ketones (excluding diaryl/α,β-unsaturated/α-hetero) is 1. The summed E-state index contributed by atoms with van der Waals surface area (Å²) in [6.07, 6.45) is 6.68. The molecule has 0 saturated heterocycles. The first-order valence-corrected chi connectivity index (χ1v) is 8.54. The molecule has 0 spiro atoms. The zero-order valence-corrected chi connectivity index (χ0v) is 15.1. The van der Waals surface area contributed by atoms with Crippen LogP contribution in [0.3, 0.4) is 0 Å². The van der Waals surface area contributed by atoms with Crippen molar-refractivity contribution in [3.8, 4) is 0 Å². The van der Waals surface area contributed by atoms with Gasteiger partial charge in [0.05, 0.1) is 4.32 Å². The van der Waals surface area contributed by atoms with Crippen molar-refractivity contribution in [1.29, 1.82) is 0 Å². The third-order valence-corrected chi connectivity index (χ3v) is 4.15. The fraction of sp³-hybridized carbons (Fsp3) is 0.556. The van der Waals surface area contributed by atoms with Crippen LogP contribution >= 0.6 is 15.9 Å². The molecule has 0 radical (unpaired) electrons. The van der Waals surface area contributed by atoms with Gasteiger partial charge in [-0.1, -0.05) is 59.5 Å². The highest BCUT2D eigenvalue weighted by molar-refractivity contribution is 9.10. The molecule has 0 heterocycles. The Morgan fingerprint density at radius 3 is 1.95 bits per heavy atom. The number of rotatable bonds is 3. The quantitative estimate of drug-likeness (QED) is 0.590. The van der Waals surface area contributed by atoms with Crippen molar-refractivity contribution < 1.29 is 14.7 Å². The molecule has 0 aromatic heterocycles. The van der Waals surface area contributed by atoms with E-state index in [1.54, 1.807) is 0 Å². The van der Waals surface area contributed by atoms with Gasteiger partial charge in [0, 0.05) is 12.5 Å². The molecule has 1 saturated carbocycles. The standard InChI is InChI=1S/C16H21BrO.C2H4O2/c1-16(2,17)15(18)14-10-8-13(9-11-14)12-6-4-3-5-7-12;1-2(3)4/h8-12H,3-7H2,1-2H3;1H3,(H,3,4). The van der Waals surface area contributed by atoms with Gasteiger partial charge in [0.2, 0.25) is 0 Å². The van der Waals surface area contributed by atoms with Crippen molar-refractivity contribution in [2.45, 2.75) is 63.1 Å². The molecule has 4 heteroatoms. The number of carbonyl (C=O) groups is 2. The summed E-state index contributed by atoms with van der Waals surface area (Å²) in [4.78, 5) is 21.1. The van der Waals surface area contributed by atoms with Crippen LogP contribution in [0, 0.1) is 0 Å². The van der Waals surface area contributed by atoms with E-state index in [4.69, 9.17) is 9.90 Å². The molecule has 3 nitrogen and oxygen atoms in total. The van der Waals surface area contributed by atoms with Crippen LogP contribution in [-0.2, 0) is 4.79 Å². The van der Waals surface area contributed by atoms with Gasteiger partial charge in [0.15, 0.2) is 5.78 Å². The first-order valence-electron chi connectivity index (χ1n) is 7.75. The van der Waals surface area contributed by atoms with Crippen molar-refractivity contribution in [3.05, 3.63) is 35.4 Å². The summed E-state index contributed by atoms with van der Waals surface area (Å²) in [5.41, 5.74) is 2.20. The van der Waals surface area contributed by atoms with Crippen LogP contribution in [0.25, 0.3) is 0 Å². The van der Waals surface area contributed by atoms with E-state index < -0.39 is 10.3 Å². The average Bonchev–Trinajstić information content (AvgIpc) is 2.46. The predicted octanol–water partition coefficient (Wildman–Crippen LogP) is 5.18. The number of ketones is 1. The molecule has 1 fully saturated rings. The summed E-state index contributed by atoms with van der Waals surface area (Å²) in [5.74, 6) is 0.0255. The molecule has 0 atom stereocenters. The maximum atomic E-state index is 12.1. The lowest BCUT2D eigenvalue weighted by Crippen LogP contribution is -2.23. The Morgan fingerprint density at radius 2 is 1.55 bits per heavy atom. The Morgan fingerprint density at radius 1 is 1.09 bits per heavy atom. The molecule has 1 aliphatic rings. The minimum Gasteiger partial charge on any atom is -0.481 e. The van der Waals surface area contributed by atoms with Gasteiger partial charge in [-0.05, 0) is 38.2 Å². The van der Waals surface area contributed by atoms with Gasteiger partial charge in [-0.3, -0.25) is 9.59 Å². The molecule has 0 aliphatic heterocycles. The summed E-state index contributed by atoms with van der Waals surface area (Å²) in [7, 11) is 0. The second kappa shape index (κ2) is 8.47. The highest BCUT2D eigenvalue weighted by Crippen LogP contribution is 2.33. The van der Waals surface area contributed by atoms with E-state index in [-0.39, 0.29) is 5.78 Å². The van der Waals surface area contributed by atoms with Crippen LogP contribution < -0.4 is 0 Å². The van der Waals surface area contributed by atoms with Crippen LogP contribution in [0.5, 0.6) is 0 Å². The number of carboxylic acid groups (broad SMARTS) is 1. The summed E-state index contributed by atoms with van der Waals surface area (Å²) < 4.78 is -0.473. The van der Waals surface area contributed by atoms with E-state index in [0.717, 1.165) is 12.5 Å². The summed E-state index contributed by atoms with van der Waals surface area (Å²) in [5, 5.41) is 7.42. The topological polar surface area (TPSA) is 54.4 Å². The second-order valence-electron chi connectivity index (χ2n) is 6.28. The van der Waals surface area contributed by atoms with Crippen molar-refractivity contribution in [2.75, 3.05) is 0 Å². The number of hydrogen-bond acceptors (Lipinski definition) is 2. The summed E-state index contributed by atoms with van der Waals surface area (Å²) in [6.45, 7) is 4.87. The van der Waals surface area contributed by atoms with E-state index >= 15 is 0 Å². The van der Waals surface area contributed by atoms with E-state index in [1.165, 1.54) is 37.7 Å². The number of halogens is 1. The van der Waals surface area contributed by atoms with Crippen molar-refractivity contribution in [3.63, 3.8) is 0 Å². The Hall–Kier alpha value is -1.16. The molecular weight excluding hydrogens is 344 g/mol. The van der Waals surface area contributed by atoms with E-state index in [2.05, 4.69) is 28.1 Å². The Balaban J connectivity index is 0.000000541. The lowest BCUT2D eigenvalue weighted by molar-refractivity contribution is -0.134. The van der Waals surface area contributed by atoms with Gasteiger partial charge in [-0.25, -0.2) is 0 Å². The monoisotopic (exact) mass is 368 g/mol. The minimum absolute atomic E-state index is 0.151. The molecule has 0 bridgehead atoms. The van der Waals surface area contributed by atoms with Gasteiger partial charge < -0.3 is 5.11 Å². The van der Waals surface area contributed by atoms with Gasteiger partial charge in [0.1, 0.15) is 0 Å². The average molecular weight is 369 g/mol. The number of benzene rings is 1. The first-order chi connectivity index (χ1) is 10.2. The largest absolute Gasteiger partial charge is 0.481 e. The van der Waals surface area contributed by atoms with Crippen LogP contribution in [0.4, 0.5) is 0 Å². The van der Waals surface area contributed by atoms with Gasteiger partial charge in [0.25, 0.3) is 5.97 Å². The second-order valence-corrected chi connectivity index (χ2v) is 8.26. The maximum Gasteiger partial charge on any atom is 0.300 e. The van der Waals surface area contributed by atoms with Crippen LogP contribution in [0.1, 0.15) is 74.7 Å². The fourth-order valence-electron chi connectivity index (χ4n) is 2.69. The predicted molar refractivity (Wildman–Crippen MR) is 92.9 cm³/mol. The first kappa shape index (κ1) is 18.9. The normalized spacial score (nSPS) is 15.6. The molecule has 22 heavy (non-hydrogen) atoms. The van der Waals surface area contributed by atoms with E-state index in [9.17, 15) is 4.79 Å². The zero-order valence-electron chi connectivity index (χ0n) is 13.6. The van der Waals surface area contributed by atoms with Crippen molar-refractivity contribution in [2.24, 2.45) is 0 Å². The van der Waals surface area contributed by atoms with Gasteiger partial charge in [-0.15, -0.1) is 0 Å². The SMILES string of the molecule is CC(=O)O.CC(C)(Br)C(=O)c1ccc(C2CCCCC2)cc1. The van der Waals surface area contributed by atoms with Crippen LogP contribution in [-0.4, -0.2) is 21.2 Å². The highest BCUT2D eigenvalue weighted by atomic mass is 79.9. The number of hydrogen-bond donors (Lipinski definition) is 1. The molecule has 1 N–H and O–H groups in total. The molecular formula is C18H25BrO3. The number of carboxylic acids is 1. The number of carbonyl (C=O) groups excluding carboxylic acids is 1. The number of alkyl halides is 1. The number of aliphatic carboxylic acids is 1. The third-order valence-electron chi connectivity index (χ3n) is 3.79. The molecule has 1 aliphatic carbocycles. The lowest BCUT2D eigenvalue weighted by atomic mass is 9.83. The summed E-state index contributed by atoms with van der Waals surface area (Å²) in [6, 6.07) is 8.24. The van der Waals surface area contributed by atoms with Gasteiger partial charge >= 0.3 is 0 Å². The molecule has 2 rings (SSSR count). The van der Waals surface area contributed by atoms with E-state index in [1.807, 2.05) is 26.0 Å². The van der Waals surface area contributed by atoms with Crippen molar-refractivity contribution in [1.82, 2.24) is 0 Å². The minimum atomic E-state index is -0.833. The smallest absolute Gasteiger partial charge is 0.300 e. The fourth-order valence-corrected chi connectivity index (χ4v) is 2.91. The molecule has 122 valence electrons. The summed E-state index contributed by atoms with van der Waals surface area (Å²) >= 11 is 3.43. The maximum absolute atomic E-state index is 12.1. The highest BCUT2D eigenvalue weighted by Gasteiger charge is 2.25. The van der Waals surface area contributed by atoms with E-state index in [0.29, 0.717) is 5.92 Å². The lowest BCUT2D eigenvalue weighted by Gasteiger charge is -2.22. The molecule has 1 aromatic rings. The van der Waals surface area contributed by atoms with Crippen LogP contribution in [0.15, 0.2) is 24.3 Å². The third kappa shape index (κ3) is 6.30. The van der Waals surface area contributed by atoms with Gasteiger partial charge in [-0.2, -0.15) is 0 Å². The Labute approximate surface area is 141 Å². The van der Waals surface area contributed by atoms with Crippen LogP contribution in [0.2, 0.25) is 0 Å².